The van der Waals surface area contributed by atoms with Crippen LogP contribution in [0.5, 0.6) is 0 Å². The maximum Gasteiger partial charge on any atom is 0.317 e. The average Bonchev–Trinajstić information content (AvgIpc) is 3.27. The molecule has 2 atom stereocenters. The number of nitrogens with one attached hydrogen (secondary N) is 2. The van der Waals surface area contributed by atoms with Crippen molar-refractivity contribution in [2.75, 3.05) is 19.6 Å². The standard InChI is InChI=1S/C27H35N5O5/c33-24(30-23-19-9-16-10-20(23)14-27(37,12-16)13-19)18-1-2-22-21(11-18)29-15-32(22)8-5-28-26(36)31-6-3-17(4-7-31)25(34)35/h1-2,11,15-17,19-20,23,37H,3-10,12-14H2,(H,28,36)(H,30,33)(H,34,35). The maximum atomic E-state index is 13.1. The average molecular weight is 510 g/mol. The molecule has 5 fully saturated rings. The van der Waals surface area contributed by atoms with Crippen molar-refractivity contribution in [3.8, 4) is 0 Å². The van der Waals surface area contributed by atoms with E-state index in [1.807, 2.05) is 22.8 Å². The molecular formula is C27H35N5O5. The van der Waals surface area contributed by atoms with Gasteiger partial charge < -0.3 is 30.3 Å². The van der Waals surface area contributed by atoms with E-state index in [1.165, 1.54) is 0 Å². The van der Waals surface area contributed by atoms with Crippen LogP contribution in [0.25, 0.3) is 11.0 Å². The predicted molar refractivity (Wildman–Crippen MR) is 135 cm³/mol. The summed E-state index contributed by atoms with van der Waals surface area (Å²) >= 11 is 0. The fraction of sp³-hybridized carbons (Fsp3) is 0.630. The van der Waals surface area contributed by atoms with Crippen LogP contribution in [0.3, 0.4) is 0 Å². The van der Waals surface area contributed by atoms with Gasteiger partial charge in [-0.05, 0) is 80.9 Å². The summed E-state index contributed by atoms with van der Waals surface area (Å²) in [6, 6.07) is 5.50. The first-order valence-electron chi connectivity index (χ1n) is 13.5. The molecule has 10 heteroatoms. The molecule has 2 unspecified atom stereocenters. The van der Waals surface area contributed by atoms with Crippen molar-refractivity contribution < 1.29 is 24.6 Å². The van der Waals surface area contributed by atoms with E-state index in [1.54, 1.807) is 11.2 Å². The van der Waals surface area contributed by atoms with E-state index in [9.17, 15) is 19.5 Å². The summed E-state index contributed by atoms with van der Waals surface area (Å²) < 4.78 is 1.95. The minimum absolute atomic E-state index is 0.0835. The second kappa shape index (κ2) is 9.31. The minimum Gasteiger partial charge on any atom is -0.481 e. The van der Waals surface area contributed by atoms with E-state index in [-0.39, 0.29) is 23.9 Å². The molecule has 1 aliphatic heterocycles. The summed E-state index contributed by atoms with van der Waals surface area (Å²) in [5.74, 6) is 0.0856. The zero-order valence-electron chi connectivity index (χ0n) is 20.9. The summed E-state index contributed by atoms with van der Waals surface area (Å²) in [6.45, 7) is 1.86. The number of aliphatic hydroxyl groups is 1. The van der Waals surface area contributed by atoms with Gasteiger partial charge >= 0.3 is 12.0 Å². The molecule has 37 heavy (non-hydrogen) atoms. The zero-order chi connectivity index (χ0) is 25.7. The smallest absolute Gasteiger partial charge is 0.317 e. The first-order chi connectivity index (χ1) is 17.8. The van der Waals surface area contributed by atoms with Gasteiger partial charge in [-0.15, -0.1) is 0 Å². The van der Waals surface area contributed by atoms with Crippen molar-refractivity contribution in [1.82, 2.24) is 25.1 Å². The molecule has 2 heterocycles. The Morgan fingerprint density at radius 1 is 1.08 bits per heavy atom. The highest BCUT2D eigenvalue weighted by Gasteiger charge is 2.55. The number of carbonyl (C=O) groups excluding carboxylic acids is 2. The fourth-order valence-corrected chi connectivity index (χ4v) is 7.56. The first kappa shape index (κ1) is 24.2. The van der Waals surface area contributed by atoms with E-state index in [4.69, 9.17) is 5.11 Å². The third-order valence-electron chi connectivity index (χ3n) is 9.18. The summed E-state index contributed by atoms with van der Waals surface area (Å²) in [4.78, 5) is 42.8. The number of rotatable bonds is 6. The molecule has 198 valence electrons. The zero-order valence-corrected chi connectivity index (χ0v) is 20.9. The van der Waals surface area contributed by atoms with Gasteiger partial charge in [-0.3, -0.25) is 9.59 Å². The molecule has 2 aromatic rings. The number of fused-ring (bicyclic) bond motifs is 1. The number of likely N-dealkylation sites (tertiary alicyclic amines) is 1. The Balaban J connectivity index is 1.03. The quantitative estimate of drug-likeness (QED) is 0.471. The maximum absolute atomic E-state index is 13.1. The van der Waals surface area contributed by atoms with Gasteiger partial charge in [0.05, 0.1) is 28.9 Å². The van der Waals surface area contributed by atoms with E-state index in [0.717, 1.165) is 43.1 Å². The number of aromatic nitrogens is 2. The molecule has 4 saturated carbocycles. The van der Waals surface area contributed by atoms with Crippen molar-refractivity contribution in [2.45, 2.75) is 63.1 Å². The Kier molecular flexibility index (Phi) is 6.09. The Hall–Kier alpha value is -3.14. The molecule has 10 nitrogen and oxygen atoms in total. The highest BCUT2D eigenvalue weighted by molar-refractivity contribution is 5.97. The second-order valence-corrected chi connectivity index (χ2v) is 11.7. The summed E-state index contributed by atoms with van der Waals surface area (Å²) in [6.07, 6.45) is 7.40. The lowest BCUT2D eigenvalue weighted by atomic mass is 9.52. The number of carbonyl (C=O) groups is 3. The summed E-state index contributed by atoms with van der Waals surface area (Å²) in [5, 5.41) is 26.1. The number of urea groups is 1. The fourth-order valence-electron chi connectivity index (χ4n) is 7.56. The molecule has 4 aliphatic carbocycles. The number of carboxylic acids is 1. The van der Waals surface area contributed by atoms with Crippen LogP contribution < -0.4 is 10.6 Å². The molecule has 4 N–H and O–H groups in total. The topological polar surface area (TPSA) is 137 Å². The SMILES string of the molecule is O=C(NC1C2CC3CC1CC(O)(C3)C2)c1ccc2c(c1)ncn2CCNC(=O)N1CCC(C(=O)O)CC1. The Bertz CT molecular complexity index is 1200. The van der Waals surface area contributed by atoms with Crippen LogP contribution in [0.1, 0.15) is 55.3 Å². The van der Waals surface area contributed by atoms with Crippen molar-refractivity contribution >= 4 is 28.9 Å². The third kappa shape index (κ3) is 4.67. The van der Waals surface area contributed by atoms with Gasteiger partial charge in [0, 0.05) is 37.8 Å². The number of hydrogen-bond acceptors (Lipinski definition) is 5. The lowest BCUT2D eigenvalue weighted by Gasteiger charge is -2.58. The van der Waals surface area contributed by atoms with Gasteiger partial charge in [0.25, 0.3) is 5.91 Å². The molecule has 4 bridgehead atoms. The van der Waals surface area contributed by atoms with E-state index in [2.05, 4.69) is 15.6 Å². The lowest BCUT2D eigenvalue weighted by Crippen LogP contribution is -2.61. The monoisotopic (exact) mass is 509 g/mol. The molecule has 0 spiro atoms. The predicted octanol–water partition coefficient (Wildman–Crippen LogP) is 2.21. The number of benzene rings is 1. The van der Waals surface area contributed by atoms with Gasteiger partial charge in [-0.25, -0.2) is 9.78 Å². The van der Waals surface area contributed by atoms with Crippen LogP contribution in [0, 0.1) is 23.7 Å². The first-order valence-corrected chi connectivity index (χ1v) is 13.5. The van der Waals surface area contributed by atoms with E-state index < -0.39 is 11.6 Å². The largest absolute Gasteiger partial charge is 0.481 e. The molecule has 0 radical (unpaired) electrons. The molecule has 5 aliphatic rings. The highest BCUT2D eigenvalue weighted by atomic mass is 16.4. The number of carboxylic acid groups (broad SMARTS) is 1. The van der Waals surface area contributed by atoms with Crippen LogP contribution in [0.2, 0.25) is 0 Å². The summed E-state index contributed by atoms with van der Waals surface area (Å²) in [7, 11) is 0. The molecule has 3 amide bonds. The molecule has 1 aromatic carbocycles. The normalized spacial score (nSPS) is 31.0. The number of piperidine rings is 1. The third-order valence-corrected chi connectivity index (χ3v) is 9.18. The van der Waals surface area contributed by atoms with Crippen molar-refractivity contribution in [1.29, 1.82) is 0 Å². The Morgan fingerprint density at radius 3 is 2.49 bits per heavy atom. The van der Waals surface area contributed by atoms with Crippen LogP contribution >= 0.6 is 0 Å². The van der Waals surface area contributed by atoms with Gasteiger partial charge in [-0.1, -0.05) is 0 Å². The number of hydrogen-bond donors (Lipinski definition) is 4. The van der Waals surface area contributed by atoms with Crippen LogP contribution in [0.15, 0.2) is 24.5 Å². The van der Waals surface area contributed by atoms with Crippen molar-refractivity contribution in [3.63, 3.8) is 0 Å². The van der Waals surface area contributed by atoms with Gasteiger partial charge in [0.2, 0.25) is 0 Å². The van der Waals surface area contributed by atoms with E-state index >= 15 is 0 Å². The van der Waals surface area contributed by atoms with Gasteiger partial charge in [0.15, 0.2) is 0 Å². The Labute approximate surface area is 215 Å². The second-order valence-electron chi connectivity index (χ2n) is 11.7. The van der Waals surface area contributed by atoms with Crippen molar-refractivity contribution in [2.24, 2.45) is 23.7 Å². The van der Waals surface area contributed by atoms with Crippen molar-refractivity contribution in [3.05, 3.63) is 30.1 Å². The number of amides is 3. The van der Waals surface area contributed by atoms with Gasteiger partial charge in [-0.2, -0.15) is 0 Å². The van der Waals surface area contributed by atoms with Crippen LogP contribution in [0.4, 0.5) is 4.79 Å². The number of imidazole rings is 1. The molecule has 1 saturated heterocycles. The number of aliphatic carboxylic acids is 1. The molecular weight excluding hydrogens is 474 g/mol. The summed E-state index contributed by atoms with van der Waals surface area (Å²) in [5.41, 5.74) is 1.70. The van der Waals surface area contributed by atoms with Crippen LogP contribution in [-0.4, -0.2) is 73.8 Å². The molecule has 1 aromatic heterocycles. The minimum atomic E-state index is -0.792. The number of nitrogens with zero attached hydrogens (tertiary/aromatic N) is 3. The highest BCUT2D eigenvalue weighted by Crippen LogP contribution is 2.55. The van der Waals surface area contributed by atoms with Crippen LogP contribution in [-0.2, 0) is 11.3 Å². The van der Waals surface area contributed by atoms with E-state index in [0.29, 0.717) is 62.3 Å². The van der Waals surface area contributed by atoms with Gasteiger partial charge in [0.1, 0.15) is 0 Å². The Morgan fingerprint density at radius 2 is 1.81 bits per heavy atom. The lowest BCUT2D eigenvalue weighted by molar-refractivity contribution is -0.143. The molecule has 7 rings (SSSR count).